The van der Waals surface area contributed by atoms with E-state index in [1.807, 2.05) is 32.0 Å². The number of hydrogen-bond acceptors (Lipinski definition) is 4. The number of amides is 1. The summed E-state index contributed by atoms with van der Waals surface area (Å²) in [7, 11) is 0. The second-order valence-electron chi connectivity index (χ2n) is 6.33. The number of carbonyl (C=O) groups excluding carboxylic acids is 1. The van der Waals surface area contributed by atoms with Crippen molar-refractivity contribution < 1.29 is 4.79 Å². The van der Waals surface area contributed by atoms with Gasteiger partial charge in [0.05, 0.1) is 0 Å². The molecular formula is C21H22N4O. The maximum Gasteiger partial charge on any atom is 0.274 e. The molecule has 0 bridgehead atoms. The molecule has 1 amide bonds. The van der Waals surface area contributed by atoms with Gasteiger partial charge in [0, 0.05) is 18.4 Å². The fraction of sp³-hybridized carbons (Fsp3) is 0.190. The van der Waals surface area contributed by atoms with Gasteiger partial charge in [-0.05, 0) is 43.5 Å². The first-order valence-corrected chi connectivity index (χ1v) is 8.53. The van der Waals surface area contributed by atoms with Crippen LogP contribution in [0.5, 0.6) is 0 Å². The summed E-state index contributed by atoms with van der Waals surface area (Å²) in [5.41, 5.74) is 5.54. The number of hydrogen-bond donors (Lipinski definition) is 2. The van der Waals surface area contributed by atoms with Crippen LogP contribution < -0.4 is 10.6 Å². The number of anilines is 2. The van der Waals surface area contributed by atoms with Gasteiger partial charge >= 0.3 is 0 Å². The summed E-state index contributed by atoms with van der Waals surface area (Å²) in [5, 5.41) is 6.11. The Kier molecular flexibility index (Phi) is 5.27. The van der Waals surface area contributed by atoms with Gasteiger partial charge in [-0.15, -0.1) is 0 Å². The number of aromatic nitrogens is 2. The van der Waals surface area contributed by atoms with Gasteiger partial charge < -0.3 is 10.6 Å². The lowest BCUT2D eigenvalue weighted by Gasteiger charge is -2.11. The standard InChI is InChI=1S/C21H22N4O/c1-14-7-9-17(10-8-14)13-23-21-22-12-11-18(24-21)20(26)25-19-15(2)5-4-6-16(19)3/h4-12H,13H2,1-3H3,(H,25,26)(H,22,23,24). The minimum Gasteiger partial charge on any atom is -0.350 e. The molecule has 5 nitrogen and oxygen atoms in total. The molecule has 3 aromatic rings. The quantitative estimate of drug-likeness (QED) is 0.724. The Morgan fingerprint density at radius 3 is 2.35 bits per heavy atom. The zero-order valence-corrected chi connectivity index (χ0v) is 15.2. The van der Waals surface area contributed by atoms with Crippen LogP contribution in [0.25, 0.3) is 0 Å². The van der Waals surface area contributed by atoms with Crippen molar-refractivity contribution in [1.82, 2.24) is 9.97 Å². The van der Waals surface area contributed by atoms with Crippen LogP contribution in [0.2, 0.25) is 0 Å². The van der Waals surface area contributed by atoms with Gasteiger partial charge in [0.2, 0.25) is 5.95 Å². The Morgan fingerprint density at radius 2 is 1.65 bits per heavy atom. The number of nitrogens with zero attached hydrogens (tertiary/aromatic N) is 2. The van der Waals surface area contributed by atoms with E-state index >= 15 is 0 Å². The fourth-order valence-electron chi connectivity index (χ4n) is 2.65. The lowest BCUT2D eigenvalue weighted by molar-refractivity contribution is 0.102. The van der Waals surface area contributed by atoms with Gasteiger partial charge in [-0.2, -0.15) is 0 Å². The van der Waals surface area contributed by atoms with E-state index in [0.717, 1.165) is 22.4 Å². The first kappa shape index (κ1) is 17.6. The minimum absolute atomic E-state index is 0.247. The summed E-state index contributed by atoms with van der Waals surface area (Å²) in [6.45, 7) is 6.59. The van der Waals surface area contributed by atoms with Crippen LogP contribution in [0, 0.1) is 20.8 Å². The number of rotatable bonds is 5. The summed E-state index contributed by atoms with van der Waals surface area (Å²) in [6.07, 6.45) is 1.59. The van der Waals surface area contributed by atoms with Crippen molar-refractivity contribution in [2.45, 2.75) is 27.3 Å². The SMILES string of the molecule is Cc1ccc(CNc2nccc(C(=O)Nc3c(C)cccc3C)n2)cc1. The van der Waals surface area contributed by atoms with Crippen LogP contribution in [0.15, 0.2) is 54.7 Å². The van der Waals surface area contributed by atoms with Gasteiger partial charge in [-0.25, -0.2) is 9.97 Å². The highest BCUT2D eigenvalue weighted by atomic mass is 16.1. The van der Waals surface area contributed by atoms with E-state index in [4.69, 9.17) is 0 Å². The van der Waals surface area contributed by atoms with Crippen molar-refractivity contribution in [3.63, 3.8) is 0 Å². The van der Waals surface area contributed by atoms with Gasteiger partial charge in [0.25, 0.3) is 5.91 Å². The van der Waals surface area contributed by atoms with E-state index in [9.17, 15) is 4.79 Å². The van der Waals surface area contributed by atoms with E-state index in [2.05, 4.69) is 51.8 Å². The van der Waals surface area contributed by atoms with Crippen molar-refractivity contribution in [2.24, 2.45) is 0 Å². The Bertz CT molecular complexity index is 899. The molecule has 0 saturated heterocycles. The van der Waals surface area contributed by atoms with Crippen LogP contribution in [0.1, 0.15) is 32.7 Å². The molecule has 5 heteroatoms. The van der Waals surface area contributed by atoms with E-state index < -0.39 is 0 Å². The van der Waals surface area contributed by atoms with E-state index in [0.29, 0.717) is 18.2 Å². The Labute approximate surface area is 153 Å². The monoisotopic (exact) mass is 346 g/mol. The molecule has 0 radical (unpaired) electrons. The summed E-state index contributed by atoms with van der Waals surface area (Å²) < 4.78 is 0. The second-order valence-corrected chi connectivity index (χ2v) is 6.33. The number of aryl methyl sites for hydroxylation is 3. The molecule has 2 N–H and O–H groups in total. The van der Waals surface area contributed by atoms with Crippen molar-refractivity contribution in [3.05, 3.63) is 82.7 Å². The Hall–Kier alpha value is -3.21. The van der Waals surface area contributed by atoms with Gasteiger partial charge in [-0.3, -0.25) is 4.79 Å². The average Bonchev–Trinajstić information content (AvgIpc) is 2.64. The van der Waals surface area contributed by atoms with Crippen molar-refractivity contribution in [2.75, 3.05) is 10.6 Å². The molecule has 0 spiro atoms. The topological polar surface area (TPSA) is 66.9 Å². The highest BCUT2D eigenvalue weighted by molar-refractivity contribution is 6.03. The summed E-state index contributed by atoms with van der Waals surface area (Å²) in [5.74, 6) is 0.183. The molecule has 0 aliphatic heterocycles. The Balaban J connectivity index is 1.70. The predicted octanol–water partition coefficient (Wildman–Crippen LogP) is 4.27. The highest BCUT2D eigenvalue weighted by Gasteiger charge is 2.12. The third-order valence-electron chi connectivity index (χ3n) is 4.18. The lowest BCUT2D eigenvalue weighted by Crippen LogP contribution is -2.16. The molecular weight excluding hydrogens is 324 g/mol. The molecule has 0 fully saturated rings. The third-order valence-corrected chi connectivity index (χ3v) is 4.18. The zero-order chi connectivity index (χ0) is 18.5. The first-order chi connectivity index (χ1) is 12.5. The van der Waals surface area contributed by atoms with E-state index in [-0.39, 0.29) is 5.91 Å². The van der Waals surface area contributed by atoms with E-state index in [1.54, 1.807) is 12.3 Å². The molecule has 2 aromatic carbocycles. The third kappa shape index (κ3) is 4.25. The predicted molar refractivity (Wildman–Crippen MR) is 104 cm³/mol. The number of nitrogens with one attached hydrogen (secondary N) is 2. The molecule has 0 unspecified atom stereocenters. The summed E-state index contributed by atoms with van der Waals surface area (Å²) in [6, 6.07) is 15.8. The van der Waals surface area contributed by atoms with Crippen molar-refractivity contribution in [1.29, 1.82) is 0 Å². The molecule has 132 valence electrons. The minimum atomic E-state index is -0.247. The molecule has 26 heavy (non-hydrogen) atoms. The molecule has 3 rings (SSSR count). The molecule has 1 aromatic heterocycles. The van der Waals surface area contributed by atoms with Crippen LogP contribution in [0.4, 0.5) is 11.6 Å². The maximum absolute atomic E-state index is 12.6. The van der Waals surface area contributed by atoms with Crippen LogP contribution in [-0.4, -0.2) is 15.9 Å². The zero-order valence-electron chi connectivity index (χ0n) is 15.2. The van der Waals surface area contributed by atoms with Crippen LogP contribution >= 0.6 is 0 Å². The highest BCUT2D eigenvalue weighted by Crippen LogP contribution is 2.20. The number of carbonyl (C=O) groups is 1. The molecule has 0 saturated carbocycles. The van der Waals surface area contributed by atoms with Crippen LogP contribution in [0.3, 0.4) is 0 Å². The second kappa shape index (κ2) is 7.78. The number of para-hydroxylation sites is 1. The van der Waals surface area contributed by atoms with Crippen LogP contribution in [-0.2, 0) is 6.54 Å². The molecule has 0 aliphatic rings. The molecule has 0 aliphatic carbocycles. The van der Waals surface area contributed by atoms with E-state index in [1.165, 1.54) is 5.56 Å². The Morgan fingerprint density at radius 1 is 0.962 bits per heavy atom. The van der Waals surface area contributed by atoms with Gasteiger partial charge in [0.15, 0.2) is 0 Å². The fourth-order valence-corrected chi connectivity index (χ4v) is 2.65. The maximum atomic E-state index is 12.6. The normalized spacial score (nSPS) is 10.4. The summed E-state index contributed by atoms with van der Waals surface area (Å²) >= 11 is 0. The first-order valence-electron chi connectivity index (χ1n) is 8.53. The largest absolute Gasteiger partial charge is 0.350 e. The smallest absolute Gasteiger partial charge is 0.274 e. The average molecular weight is 346 g/mol. The number of benzene rings is 2. The molecule has 0 atom stereocenters. The van der Waals surface area contributed by atoms with Gasteiger partial charge in [0.1, 0.15) is 5.69 Å². The lowest BCUT2D eigenvalue weighted by atomic mass is 10.1. The molecule has 1 heterocycles. The van der Waals surface area contributed by atoms with Gasteiger partial charge in [-0.1, -0.05) is 48.0 Å². The van der Waals surface area contributed by atoms with Crippen molar-refractivity contribution >= 4 is 17.5 Å². The van der Waals surface area contributed by atoms with Crippen molar-refractivity contribution in [3.8, 4) is 0 Å². The summed E-state index contributed by atoms with van der Waals surface area (Å²) in [4.78, 5) is 21.1.